The molecule has 1 aromatic carbocycles. The molecule has 5 heteroatoms. The predicted molar refractivity (Wildman–Crippen MR) is 95.8 cm³/mol. The van der Waals surface area contributed by atoms with Gasteiger partial charge in [-0.2, -0.15) is 0 Å². The molecule has 1 amide bonds. The first-order valence-electron chi connectivity index (χ1n) is 7.94. The van der Waals surface area contributed by atoms with Crippen LogP contribution in [-0.4, -0.2) is 34.9 Å². The summed E-state index contributed by atoms with van der Waals surface area (Å²) >= 11 is 0. The minimum absolute atomic E-state index is 0. The quantitative estimate of drug-likeness (QED) is 0.905. The lowest BCUT2D eigenvalue weighted by Gasteiger charge is -2.37. The highest BCUT2D eigenvalue weighted by Gasteiger charge is 2.30. The number of hydrogen-bond acceptors (Lipinski definition) is 2. The van der Waals surface area contributed by atoms with Gasteiger partial charge in [0, 0.05) is 24.8 Å². The normalized spacial score (nSPS) is 20.9. The van der Waals surface area contributed by atoms with Crippen molar-refractivity contribution < 1.29 is 4.79 Å². The van der Waals surface area contributed by atoms with Crippen molar-refractivity contribution in [1.29, 1.82) is 0 Å². The number of aromatic nitrogens is 1. The topological polar surface area (TPSA) is 62.1 Å². The summed E-state index contributed by atoms with van der Waals surface area (Å²) in [6, 6.07) is 14.0. The molecule has 1 fully saturated rings. The van der Waals surface area contributed by atoms with Gasteiger partial charge in [0.2, 0.25) is 0 Å². The molecular formula is C18H24ClN3O. The Morgan fingerprint density at radius 3 is 2.70 bits per heavy atom. The van der Waals surface area contributed by atoms with Crippen LogP contribution in [0.5, 0.6) is 0 Å². The Hall–Kier alpha value is -1.78. The summed E-state index contributed by atoms with van der Waals surface area (Å²) in [5.74, 6) is 0.700. The molecule has 2 aromatic rings. The summed E-state index contributed by atoms with van der Waals surface area (Å²) in [5.41, 5.74) is 8.57. The van der Waals surface area contributed by atoms with Crippen molar-refractivity contribution in [2.24, 2.45) is 11.7 Å². The molecule has 0 spiro atoms. The molecule has 4 nitrogen and oxygen atoms in total. The van der Waals surface area contributed by atoms with Crippen molar-refractivity contribution in [3.8, 4) is 11.3 Å². The third-order valence-corrected chi connectivity index (χ3v) is 4.51. The van der Waals surface area contributed by atoms with Gasteiger partial charge in [0.15, 0.2) is 0 Å². The van der Waals surface area contributed by atoms with E-state index in [0.29, 0.717) is 18.2 Å². The fraction of sp³-hybridized carbons (Fsp3) is 0.389. The monoisotopic (exact) mass is 333 g/mol. The number of carbonyl (C=O) groups excluding carboxylic acids is 1. The van der Waals surface area contributed by atoms with Gasteiger partial charge in [-0.1, -0.05) is 37.3 Å². The molecule has 0 saturated carbocycles. The summed E-state index contributed by atoms with van der Waals surface area (Å²) in [7, 11) is 0. The SMILES string of the molecule is CC1CCN(C(=O)c2ccc(-c3ccccc3)[nH]2)C(CN)C1.Cl. The number of aromatic amines is 1. The first kappa shape index (κ1) is 17.6. The summed E-state index contributed by atoms with van der Waals surface area (Å²) in [4.78, 5) is 17.9. The maximum Gasteiger partial charge on any atom is 0.270 e. The Morgan fingerprint density at radius 2 is 2.00 bits per heavy atom. The molecule has 2 heterocycles. The molecule has 1 aromatic heterocycles. The molecule has 3 rings (SSSR count). The number of benzene rings is 1. The van der Waals surface area contributed by atoms with Crippen molar-refractivity contribution in [2.45, 2.75) is 25.8 Å². The molecule has 1 aliphatic heterocycles. The van der Waals surface area contributed by atoms with Crippen LogP contribution in [0.3, 0.4) is 0 Å². The van der Waals surface area contributed by atoms with Gasteiger partial charge in [0.25, 0.3) is 5.91 Å². The van der Waals surface area contributed by atoms with Crippen molar-refractivity contribution >= 4 is 18.3 Å². The summed E-state index contributed by atoms with van der Waals surface area (Å²) < 4.78 is 0. The molecule has 1 saturated heterocycles. The van der Waals surface area contributed by atoms with Gasteiger partial charge in [-0.25, -0.2) is 0 Å². The van der Waals surface area contributed by atoms with Crippen LogP contribution < -0.4 is 5.73 Å². The van der Waals surface area contributed by atoms with E-state index in [0.717, 1.165) is 30.6 Å². The van der Waals surface area contributed by atoms with Crippen LogP contribution in [-0.2, 0) is 0 Å². The number of likely N-dealkylation sites (tertiary alicyclic amines) is 1. The molecule has 0 radical (unpaired) electrons. The Kier molecular flexibility index (Phi) is 5.85. The number of halogens is 1. The number of piperidine rings is 1. The van der Waals surface area contributed by atoms with E-state index in [1.807, 2.05) is 47.4 Å². The van der Waals surface area contributed by atoms with Gasteiger partial charge in [-0.3, -0.25) is 4.79 Å². The first-order chi connectivity index (χ1) is 10.7. The van der Waals surface area contributed by atoms with Crippen LogP contribution in [0.25, 0.3) is 11.3 Å². The Bertz CT molecular complexity index is 641. The lowest BCUT2D eigenvalue weighted by molar-refractivity contribution is 0.0568. The predicted octanol–water partition coefficient (Wildman–Crippen LogP) is 3.30. The van der Waals surface area contributed by atoms with E-state index >= 15 is 0 Å². The minimum Gasteiger partial charge on any atom is -0.351 e. The molecule has 23 heavy (non-hydrogen) atoms. The second-order valence-corrected chi connectivity index (χ2v) is 6.17. The minimum atomic E-state index is 0. The Balaban J connectivity index is 0.00000192. The zero-order chi connectivity index (χ0) is 15.5. The smallest absolute Gasteiger partial charge is 0.270 e. The van der Waals surface area contributed by atoms with Crippen LogP contribution in [0.4, 0.5) is 0 Å². The molecule has 2 atom stereocenters. The summed E-state index contributed by atoms with van der Waals surface area (Å²) in [6.45, 7) is 3.55. The van der Waals surface area contributed by atoms with Crippen LogP contribution in [0.15, 0.2) is 42.5 Å². The van der Waals surface area contributed by atoms with E-state index in [9.17, 15) is 4.79 Å². The second-order valence-electron chi connectivity index (χ2n) is 6.17. The van der Waals surface area contributed by atoms with Gasteiger partial charge >= 0.3 is 0 Å². The van der Waals surface area contributed by atoms with Gasteiger partial charge < -0.3 is 15.6 Å². The van der Waals surface area contributed by atoms with E-state index in [2.05, 4.69) is 11.9 Å². The van der Waals surface area contributed by atoms with Crippen LogP contribution >= 0.6 is 12.4 Å². The second kappa shape index (κ2) is 7.66. The molecule has 0 bridgehead atoms. The maximum absolute atomic E-state index is 12.8. The average Bonchev–Trinajstić information content (AvgIpc) is 3.05. The summed E-state index contributed by atoms with van der Waals surface area (Å²) in [5, 5.41) is 0. The first-order valence-corrected chi connectivity index (χ1v) is 7.94. The molecule has 124 valence electrons. The van der Waals surface area contributed by atoms with Gasteiger partial charge in [0.05, 0.1) is 0 Å². The molecular weight excluding hydrogens is 310 g/mol. The number of amides is 1. The fourth-order valence-electron chi connectivity index (χ4n) is 3.20. The van der Waals surface area contributed by atoms with Crippen molar-refractivity contribution in [1.82, 2.24) is 9.88 Å². The van der Waals surface area contributed by atoms with Gasteiger partial charge in [0.1, 0.15) is 5.69 Å². The van der Waals surface area contributed by atoms with E-state index in [-0.39, 0.29) is 24.4 Å². The van der Waals surface area contributed by atoms with E-state index < -0.39 is 0 Å². The van der Waals surface area contributed by atoms with Crippen LogP contribution in [0.1, 0.15) is 30.3 Å². The average molecular weight is 334 g/mol. The Labute approximate surface area is 143 Å². The highest BCUT2D eigenvalue weighted by atomic mass is 35.5. The number of nitrogens with two attached hydrogens (primary N) is 1. The zero-order valence-electron chi connectivity index (χ0n) is 13.4. The highest BCUT2D eigenvalue weighted by molar-refractivity contribution is 5.93. The molecule has 2 unspecified atom stereocenters. The standard InChI is InChI=1S/C18H23N3O.ClH/c1-13-9-10-21(15(11-13)12-19)18(22)17-8-7-16(20-17)14-5-3-2-4-6-14;/h2-8,13,15,20H,9-12,19H2,1H3;1H. The van der Waals surface area contributed by atoms with Gasteiger partial charge in [-0.05, 0) is 36.5 Å². The largest absolute Gasteiger partial charge is 0.351 e. The highest BCUT2D eigenvalue weighted by Crippen LogP contribution is 2.25. The number of nitrogens with one attached hydrogen (secondary N) is 1. The number of H-pyrrole nitrogens is 1. The maximum atomic E-state index is 12.8. The third-order valence-electron chi connectivity index (χ3n) is 4.51. The van der Waals surface area contributed by atoms with Gasteiger partial charge in [-0.15, -0.1) is 12.4 Å². The lowest BCUT2D eigenvalue weighted by atomic mass is 9.92. The van der Waals surface area contributed by atoms with E-state index in [4.69, 9.17) is 5.73 Å². The number of hydrogen-bond donors (Lipinski definition) is 2. The van der Waals surface area contributed by atoms with Crippen LogP contribution in [0.2, 0.25) is 0 Å². The third kappa shape index (κ3) is 3.77. The lowest BCUT2D eigenvalue weighted by Crippen LogP contribution is -2.49. The summed E-state index contributed by atoms with van der Waals surface area (Å²) in [6.07, 6.45) is 2.04. The molecule has 0 aliphatic carbocycles. The van der Waals surface area contributed by atoms with Crippen molar-refractivity contribution in [2.75, 3.05) is 13.1 Å². The number of rotatable bonds is 3. The van der Waals surface area contributed by atoms with Crippen molar-refractivity contribution in [3.05, 3.63) is 48.2 Å². The number of carbonyl (C=O) groups is 1. The zero-order valence-corrected chi connectivity index (χ0v) is 14.2. The molecule has 1 aliphatic rings. The van der Waals surface area contributed by atoms with E-state index in [1.165, 1.54) is 0 Å². The Morgan fingerprint density at radius 1 is 1.26 bits per heavy atom. The van der Waals surface area contributed by atoms with E-state index in [1.54, 1.807) is 0 Å². The number of nitrogens with zero attached hydrogens (tertiary/aromatic N) is 1. The molecule has 3 N–H and O–H groups in total. The fourth-order valence-corrected chi connectivity index (χ4v) is 3.20. The van der Waals surface area contributed by atoms with Crippen molar-refractivity contribution in [3.63, 3.8) is 0 Å². The van der Waals surface area contributed by atoms with Crippen LogP contribution in [0, 0.1) is 5.92 Å².